The van der Waals surface area contributed by atoms with Crippen LogP contribution in [0.25, 0.3) is 0 Å². The van der Waals surface area contributed by atoms with Gasteiger partial charge in [-0.25, -0.2) is 0 Å². The maximum Gasteiger partial charge on any atom is 0.323 e. The molecule has 1 unspecified atom stereocenters. The quantitative estimate of drug-likeness (QED) is 0.605. The molecule has 0 saturated carbocycles. The Hall–Kier alpha value is -1.63. The third-order valence-electron chi connectivity index (χ3n) is 2.51. The summed E-state index contributed by atoms with van der Waals surface area (Å²) in [5.41, 5.74) is 5.50. The van der Waals surface area contributed by atoms with Gasteiger partial charge in [-0.3, -0.25) is 14.4 Å². The number of carboxylic acids is 2. The fraction of sp³-hybridized carbons (Fsp3) is 0.727. The lowest BCUT2D eigenvalue weighted by Crippen LogP contribution is -2.45. The van der Waals surface area contributed by atoms with Crippen molar-refractivity contribution < 1.29 is 24.6 Å². The highest BCUT2D eigenvalue weighted by molar-refractivity contribution is 5.85. The highest BCUT2D eigenvalue weighted by Crippen LogP contribution is 2.20. The number of carbonyl (C=O) groups excluding carboxylic acids is 1. The zero-order chi connectivity index (χ0) is 14.5. The lowest BCUT2D eigenvalue weighted by atomic mass is 9.85. The van der Waals surface area contributed by atoms with Crippen LogP contribution in [0.2, 0.25) is 0 Å². The van der Waals surface area contributed by atoms with E-state index in [1.54, 1.807) is 0 Å². The number of hydrogen-bond acceptors (Lipinski definition) is 4. The predicted molar refractivity (Wildman–Crippen MR) is 63.9 cm³/mol. The van der Waals surface area contributed by atoms with E-state index in [-0.39, 0.29) is 11.8 Å². The van der Waals surface area contributed by atoms with Gasteiger partial charge in [0, 0.05) is 12.5 Å². The van der Waals surface area contributed by atoms with Crippen LogP contribution in [0, 0.1) is 5.41 Å². The van der Waals surface area contributed by atoms with E-state index in [2.05, 4.69) is 0 Å². The second-order valence-electron chi connectivity index (χ2n) is 5.21. The Kier molecular flexibility index (Phi) is 5.77. The molecule has 0 aromatic carbocycles. The van der Waals surface area contributed by atoms with E-state index in [1.807, 2.05) is 20.8 Å². The second kappa shape index (κ2) is 6.34. The van der Waals surface area contributed by atoms with Gasteiger partial charge < -0.3 is 20.8 Å². The average Bonchev–Trinajstić information content (AvgIpc) is 2.13. The molecule has 0 aliphatic carbocycles. The number of nitrogens with zero attached hydrogens (tertiary/aromatic N) is 1. The van der Waals surface area contributed by atoms with Crippen LogP contribution in [0.4, 0.5) is 0 Å². The molecule has 4 N–H and O–H groups in total. The average molecular weight is 260 g/mol. The lowest BCUT2D eigenvalue weighted by molar-refractivity contribution is -0.149. The third-order valence-corrected chi connectivity index (χ3v) is 2.51. The number of aliphatic carboxylic acids is 2. The number of carbonyl (C=O) groups is 3. The van der Waals surface area contributed by atoms with Crippen LogP contribution in [0.5, 0.6) is 0 Å². The topological polar surface area (TPSA) is 121 Å². The first-order valence-corrected chi connectivity index (χ1v) is 5.51. The van der Waals surface area contributed by atoms with Gasteiger partial charge in [-0.05, 0) is 5.41 Å². The minimum atomic E-state index is -1.26. The third kappa shape index (κ3) is 6.19. The Morgan fingerprint density at radius 1 is 1.11 bits per heavy atom. The Morgan fingerprint density at radius 2 is 1.50 bits per heavy atom. The van der Waals surface area contributed by atoms with Crippen molar-refractivity contribution in [2.45, 2.75) is 33.2 Å². The summed E-state index contributed by atoms with van der Waals surface area (Å²) in [6.45, 7) is 4.28. The van der Waals surface area contributed by atoms with Crippen molar-refractivity contribution in [3.05, 3.63) is 0 Å². The van der Waals surface area contributed by atoms with Crippen molar-refractivity contribution in [2.75, 3.05) is 13.1 Å². The molecule has 0 rings (SSSR count). The molecule has 1 atom stereocenters. The summed E-state index contributed by atoms with van der Waals surface area (Å²) in [7, 11) is 0. The Bertz CT molecular complexity index is 319. The molecule has 0 saturated heterocycles. The monoisotopic (exact) mass is 260 g/mol. The molecule has 0 aliphatic heterocycles. The standard InChI is InChI=1S/C11H20N2O5/c1-11(2,3)7(12)4-8(14)13(5-9(15)16)6-10(17)18/h7H,4-6,12H2,1-3H3,(H,15,16)(H,17,18). The van der Waals surface area contributed by atoms with Crippen molar-refractivity contribution >= 4 is 17.8 Å². The van der Waals surface area contributed by atoms with Crippen LogP contribution in [0.15, 0.2) is 0 Å². The fourth-order valence-corrected chi connectivity index (χ4v) is 1.18. The summed E-state index contributed by atoms with van der Waals surface area (Å²) < 4.78 is 0. The van der Waals surface area contributed by atoms with Crippen LogP contribution in [0.1, 0.15) is 27.2 Å². The van der Waals surface area contributed by atoms with E-state index in [0.29, 0.717) is 0 Å². The molecule has 0 aromatic heterocycles. The summed E-state index contributed by atoms with van der Waals surface area (Å²) in [5.74, 6) is -3.08. The molecule has 0 aromatic rings. The smallest absolute Gasteiger partial charge is 0.323 e. The zero-order valence-corrected chi connectivity index (χ0v) is 10.8. The molecule has 7 nitrogen and oxygen atoms in total. The van der Waals surface area contributed by atoms with Gasteiger partial charge in [-0.15, -0.1) is 0 Å². The summed E-state index contributed by atoms with van der Waals surface area (Å²) >= 11 is 0. The summed E-state index contributed by atoms with van der Waals surface area (Å²) in [4.78, 5) is 33.7. The number of amides is 1. The number of carboxylic acid groups (broad SMARTS) is 2. The fourth-order valence-electron chi connectivity index (χ4n) is 1.18. The maximum absolute atomic E-state index is 11.8. The van der Waals surface area contributed by atoms with Crippen LogP contribution < -0.4 is 5.73 Å². The first-order chi connectivity index (χ1) is 8.04. The Morgan fingerprint density at radius 3 is 1.78 bits per heavy atom. The van der Waals surface area contributed by atoms with Crippen LogP contribution >= 0.6 is 0 Å². The van der Waals surface area contributed by atoms with Crippen LogP contribution in [-0.2, 0) is 14.4 Å². The summed E-state index contributed by atoms with van der Waals surface area (Å²) in [5, 5.41) is 17.2. The molecular formula is C11H20N2O5. The Balaban J connectivity index is 4.65. The first kappa shape index (κ1) is 16.4. The molecule has 0 spiro atoms. The van der Waals surface area contributed by atoms with Crippen LogP contribution in [0.3, 0.4) is 0 Å². The van der Waals surface area contributed by atoms with Gasteiger partial charge in [0.1, 0.15) is 13.1 Å². The van der Waals surface area contributed by atoms with Gasteiger partial charge in [-0.1, -0.05) is 20.8 Å². The molecule has 0 fully saturated rings. The highest BCUT2D eigenvalue weighted by Gasteiger charge is 2.27. The van der Waals surface area contributed by atoms with Crippen molar-refractivity contribution in [1.29, 1.82) is 0 Å². The van der Waals surface area contributed by atoms with Gasteiger partial charge in [-0.2, -0.15) is 0 Å². The molecular weight excluding hydrogens is 240 g/mol. The SMILES string of the molecule is CC(C)(C)C(N)CC(=O)N(CC(=O)O)CC(=O)O. The van der Waals surface area contributed by atoms with Gasteiger partial charge in [0.2, 0.25) is 5.91 Å². The van der Waals surface area contributed by atoms with E-state index in [9.17, 15) is 14.4 Å². The lowest BCUT2D eigenvalue weighted by Gasteiger charge is -2.28. The first-order valence-electron chi connectivity index (χ1n) is 5.51. The van der Waals surface area contributed by atoms with Crippen molar-refractivity contribution in [3.63, 3.8) is 0 Å². The minimum Gasteiger partial charge on any atom is -0.480 e. The van der Waals surface area contributed by atoms with E-state index >= 15 is 0 Å². The van der Waals surface area contributed by atoms with Crippen molar-refractivity contribution in [3.8, 4) is 0 Å². The molecule has 0 heterocycles. The van der Waals surface area contributed by atoms with Gasteiger partial charge in [0.05, 0.1) is 0 Å². The molecule has 104 valence electrons. The van der Waals surface area contributed by atoms with E-state index in [0.717, 1.165) is 4.90 Å². The number of rotatable bonds is 6. The Labute approximate surface area is 106 Å². The second-order valence-corrected chi connectivity index (χ2v) is 5.21. The molecule has 18 heavy (non-hydrogen) atoms. The number of nitrogens with two attached hydrogens (primary N) is 1. The van der Waals surface area contributed by atoms with Gasteiger partial charge in [0.25, 0.3) is 0 Å². The molecule has 0 aliphatic rings. The summed E-state index contributed by atoms with van der Waals surface area (Å²) in [6.07, 6.45) is -0.0793. The minimum absolute atomic E-state index is 0.0793. The van der Waals surface area contributed by atoms with Gasteiger partial charge in [0.15, 0.2) is 0 Å². The number of hydrogen-bond donors (Lipinski definition) is 3. The normalized spacial score (nSPS) is 12.9. The molecule has 1 amide bonds. The van der Waals surface area contributed by atoms with E-state index in [1.165, 1.54) is 0 Å². The molecule has 0 radical (unpaired) electrons. The van der Waals surface area contributed by atoms with Gasteiger partial charge >= 0.3 is 11.9 Å². The van der Waals surface area contributed by atoms with Crippen molar-refractivity contribution in [1.82, 2.24) is 4.90 Å². The predicted octanol–water partition coefficient (Wildman–Crippen LogP) is -0.252. The van der Waals surface area contributed by atoms with Crippen molar-refractivity contribution in [2.24, 2.45) is 11.1 Å². The van der Waals surface area contributed by atoms with E-state index in [4.69, 9.17) is 15.9 Å². The zero-order valence-electron chi connectivity index (χ0n) is 10.8. The van der Waals surface area contributed by atoms with E-state index < -0.39 is 37.0 Å². The maximum atomic E-state index is 11.8. The largest absolute Gasteiger partial charge is 0.480 e. The molecule has 7 heteroatoms. The molecule has 0 bridgehead atoms. The highest BCUT2D eigenvalue weighted by atomic mass is 16.4. The van der Waals surface area contributed by atoms with Crippen LogP contribution in [-0.4, -0.2) is 52.1 Å². The summed E-state index contributed by atoms with van der Waals surface area (Å²) in [6, 6.07) is -0.463.